The van der Waals surface area contributed by atoms with Crippen molar-refractivity contribution in [3.8, 4) is 11.6 Å². The van der Waals surface area contributed by atoms with E-state index in [9.17, 15) is 14.7 Å². The van der Waals surface area contributed by atoms with Gasteiger partial charge < -0.3 is 19.5 Å². The van der Waals surface area contributed by atoms with Gasteiger partial charge in [0.05, 0.1) is 12.8 Å². The highest BCUT2D eigenvalue weighted by Gasteiger charge is 2.44. The number of aliphatic carboxylic acids is 1. The summed E-state index contributed by atoms with van der Waals surface area (Å²) in [5.74, 6) is -0.396. The van der Waals surface area contributed by atoms with Gasteiger partial charge in [0.2, 0.25) is 5.88 Å². The zero-order valence-corrected chi connectivity index (χ0v) is 15.0. The fraction of sp³-hybridized carbons (Fsp3) is 0.368. The van der Waals surface area contributed by atoms with Crippen LogP contribution in [0.2, 0.25) is 0 Å². The van der Waals surface area contributed by atoms with E-state index in [2.05, 4.69) is 9.97 Å². The van der Waals surface area contributed by atoms with E-state index >= 15 is 0 Å². The summed E-state index contributed by atoms with van der Waals surface area (Å²) in [6.45, 7) is 0.693. The number of benzene rings is 1. The van der Waals surface area contributed by atoms with E-state index < -0.39 is 11.4 Å². The number of carboxylic acids is 1. The minimum absolute atomic E-state index is 0.0714. The molecule has 8 nitrogen and oxygen atoms in total. The first-order valence-corrected chi connectivity index (χ1v) is 8.60. The molecule has 1 N–H and O–H groups in total. The summed E-state index contributed by atoms with van der Waals surface area (Å²) in [5, 5.41) is 9.65. The van der Waals surface area contributed by atoms with E-state index in [4.69, 9.17) is 9.47 Å². The van der Waals surface area contributed by atoms with Gasteiger partial charge >= 0.3 is 5.97 Å². The van der Waals surface area contributed by atoms with Crippen LogP contribution in [0.25, 0.3) is 0 Å². The van der Waals surface area contributed by atoms with Gasteiger partial charge in [-0.1, -0.05) is 6.07 Å². The predicted molar refractivity (Wildman–Crippen MR) is 95.6 cm³/mol. The molecule has 0 spiro atoms. The maximum atomic E-state index is 12.9. The van der Waals surface area contributed by atoms with Gasteiger partial charge in [0, 0.05) is 38.2 Å². The van der Waals surface area contributed by atoms with Crippen LogP contribution in [-0.4, -0.2) is 58.7 Å². The van der Waals surface area contributed by atoms with Crippen LogP contribution < -0.4 is 4.74 Å². The summed E-state index contributed by atoms with van der Waals surface area (Å²) < 4.78 is 10.7. The molecule has 27 heavy (non-hydrogen) atoms. The van der Waals surface area contributed by atoms with Crippen LogP contribution in [0.3, 0.4) is 0 Å². The average Bonchev–Trinajstić information content (AvgIpc) is 2.69. The van der Waals surface area contributed by atoms with Crippen molar-refractivity contribution < 1.29 is 24.2 Å². The molecule has 1 aromatic carbocycles. The molecule has 1 fully saturated rings. The Morgan fingerprint density at radius 3 is 2.89 bits per heavy atom. The molecule has 1 atom stereocenters. The van der Waals surface area contributed by atoms with Gasteiger partial charge in [0.15, 0.2) is 0 Å². The van der Waals surface area contributed by atoms with Gasteiger partial charge in [0.25, 0.3) is 5.91 Å². The first-order chi connectivity index (χ1) is 13.0. The second-order valence-corrected chi connectivity index (χ2v) is 6.52. The largest absolute Gasteiger partial charge is 0.481 e. The maximum absolute atomic E-state index is 12.9. The molecule has 1 aliphatic heterocycles. The second kappa shape index (κ2) is 8.13. The lowest BCUT2D eigenvalue weighted by molar-refractivity contribution is -0.155. The third-order valence-electron chi connectivity index (χ3n) is 4.58. The molecule has 1 amide bonds. The van der Waals surface area contributed by atoms with Crippen LogP contribution in [-0.2, 0) is 9.53 Å². The molecule has 142 valence electrons. The standard InChI is InChI=1S/C19H21N3O5/c1-26-13-19(18(24)25)6-3-9-22(12-19)17(23)14-4-2-5-15(10-14)27-16-11-20-7-8-21-16/h2,4-5,7-8,10-11H,3,6,9,12-13H2,1H3,(H,24,25). The van der Waals surface area contributed by atoms with Crippen molar-refractivity contribution in [2.45, 2.75) is 12.8 Å². The molecule has 0 bridgehead atoms. The second-order valence-electron chi connectivity index (χ2n) is 6.52. The van der Waals surface area contributed by atoms with Crippen molar-refractivity contribution in [1.29, 1.82) is 0 Å². The molecule has 1 aliphatic rings. The van der Waals surface area contributed by atoms with Crippen molar-refractivity contribution in [3.05, 3.63) is 48.4 Å². The van der Waals surface area contributed by atoms with Crippen LogP contribution in [0.1, 0.15) is 23.2 Å². The molecule has 1 saturated heterocycles. The normalized spacial score (nSPS) is 19.5. The molecular weight excluding hydrogens is 350 g/mol. The summed E-state index contributed by atoms with van der Waals surface area (Å²) in [6.07, 6.45) is 5.62. The molecule has 2 heterocycles. The molecule has 3 rings (SSSR count). The number of nitrogens with zero attached hydrogens (tertiary/aromatic N) is 3. The number of hydrogen-bond donors (Lipinski definition) is 1. The maximum Gasteiger partial charge on any atom is 0.313 e. The Morgan fingerprint density at radius 2 is 2.19 bits per heavy atom. The first-order valence-electron chi connectivity index (χ1n) is 8.60. The van der Waals surface area contributed by atoms with E-state index in [-0.39, 0.29) is 19.1 Å². The van der Waals surface area contributed by atoms with Crippen molar-refractivity contribution in [2.75, 3.05) is 26.8 Å². The number of piperidine rings is 1. The SMILES string of the molecule is COCC1(C(=O)O)CCCN(C(=O)c2cccc(Oc3cnccn3)c2)C1. The lowest BCUT2D eigenvalue weighted by Gasteiger charge is -2.39. The number of aromatic nitrogens is 2. The zero-order chi connectivity index (χ0) is 19.3. The number of ether oxygens (including phenoxy) is 2. The van der Waals surface area contributed by atoms with Gasteiger partial charge in [-0.15, -0.1) is 0 Å². The van der Waals surface area contributed by atoms with Crippen LogP contribution in [0.4, 0.5) is 0 Å². The number of rotatable bonds is 6. The van der Waals surface area contributed by atoms with E-state index in [0.717, 1.165) is 0 Å². The molecule has 0 saturated carbocycles. The number of carboxylic acid groups (broad SMARTS) is 1. The summed E-state index contributed by atoms with van der Waals surface area (Å²) >= 11 is 0. The van der Waals surface area contributed by atoms with Gasteiger partial charge in [-0.3, -0.25) is 14.6 Å². The number of methoxy groups -OCH3 is 1. The highest BCUT2D eigenvalue weighted by molar-refractivity contribution is 5.95. The minimum atomic E-state index is -1.07. The summed E-state index contributed by atoms with van der Waals surface area (Å²) in [6, 6.07) is 6.72. The third-order valence-corrected chi connectivity index (χ3v) is 4.58. The number of carbonyl (C=O) groups excluding carboxylic acids is 1. The van der Waals surface area contributed by atoms with E-state index in [1.807, 2.05) is 0 Å². The monoisotopic (exact) mass is 371 g/mol. The Morgan fingerprint density at radius 1 is 1.33 bits per heavy atom. The van der Waals surface area contributed by atoms with Crippen molar-refractivity contribution in [3.63, 3.8) is 0 Å². The minimum Gasteiger partial charge on any atom is -0.481 e. The fourth-order valence-corrected chi connectivity index (χ4v) is 3.27. The van der Waals surface area contributed by atoms with Crippen LogP contribution in [0, 0.1) is 5.41 Å². The Labute approximate surface area is 156 Å². The van der Waals surface area contributed by atoms with Crippen molar-refractivity contribution in [2.24, 2.45) is 5.41 Å². The van der Waals surface area contributed by atoms with Gasteiger partial charge in [-0.2, -0.15) is 0 Å². The molecule has 8 heteroatoms. The van der Waals surface area contributed by atoms with Gasteiger partial charge in [0.1, 0.15) is 11.2 Å². The zero-order valence-electron chi connectivity index (χ0n) is 15.0. The summed E-state index contributed by atoms with van der Waals surface area (Å²) in [7, 11) is 1.47. The van der Waals surface area contributed by atoms with Crippen LogP contribution in [0.5, 0.6) is 11.6 Å². The third kappa shape index (κ3) is 4.22. The highest BCUT2D eigenvalue weighted by Crippen LogP contribution is 2.32. The van der Waals surface area contributed by atoms with Gasteiger partial charge in [-0.25, -0.2) is 4.98 Å². The quantitative estimate of drug-likeness (QED) is 0.830. The molecule has 2 aromatic rings. The topological polar surface area (TPSA) is 102 Å². The van der Waals surface area contributed by atoms with Gasteiger partial charge in [-0.05, 0) is 31.0 Å². The number of amides is 1. The van der Waals surface area contributed by atoms with E-state index in [1.165, 1.54) is 25.7 Å². The first kappa shape index (κ1) is 18.8. The van der Waals surface area contributed by atoms with Crippen LogP contribution >= 0.6 is 0 Å². The van der Waals surface area contributed by atoms with E-state index in [1.54, 1.807) is 29.2 Å². The Hall–Kier alpha value is -3.00. The molecule has 1 aromatic heterocycles. The smallest absolute Gasteiger partial charge is 0.313 e. The molecule has 1 unspecified atom stereocenters. The number of likely N-dealkylation sites (tertiary alicyclic amines) is 1. The lowest BCUT2D eigenvalue weighted by atomic mass is 9.80. The van der Waals surface area contributed by atoms with Crippen LogP contribution in [0.15, 0.2) is 42.9 Å². The highest BCUT2D eigenvalue weighted by atomic mass is 16.5. The number of hydrogen-bond acceptors (Lipinski definition) is 6. The Balaban J connectivity index is 1.77. The summed E-state index contributed by atoms with van der Waals surface area (Å²) in [4.78, 5) is 34.2. The fourth-order valence-electron chi connectivity index (χ4n) is 3.27. The Kier molecular flexibility index (Phi) is 5.66. The van der Waals surface area contributed by atoms with Crippen molar-refractivity contribution >= 4 is 11.9 Å². The molecule has 0 aliphatic carbocycles. The number of carbonyl (C=O) groups is 2. The predicted octanol–water partition coefficient (Wildman–Crippen LogP) is 2.22. The van der Waals surface area contributed by atoms with E-state index in [0.29, 0.717) is 36.6 Å². The lowest BCUT2D eigenvalue weighted by Crippen LogP contribution is -2.52. The average molecular weight is 371 g/mol. The Bertz CT molecular complexity index is 810. The van der Waals surface area contributed by atoms with Crippen molar-refractivity contribution in [1.82, 2.24) is 14.9 Å². The molecule has 0 radical (unpaired) electrons. The summed E-state index contributed by atoms with van der Waals surface area (Å²) in [5.41, 5.74) is -0.647. The molecular formula is C19H21N3O5.